The minimum Gasteiger partial charge on any atom is -0.489 e. The summed E-state index contributed by atoms with van der Waals surface area (Å²) in [5, 5.41) is 9.37. The van der Waals surface area contributed by atoms with Crippen molar-refractivity contribution in [2.45, 2.75) is 38.7 Å². The molecule has 0 unspecified atom stereocenters. The summed E-state index contributed by atoms with van der Waals surface area (Å²) >= 11 is 0. The number of carbonyl (C=O) groups is 1. The Kier molecular flexibility index (Phi) is 6.90. The fraction of sp³-hybridized carbons (Fsp3) is 0.231. The normalized spacial score (nSPS) is 11.8. The lowest BCUT2D eigenvalue weighted by Crippen LogP contribution is -2.21. The molecule has 2 heterocycles. The highest BCUT2D eigenvalue weighted by atomic mass is 32.2. The maximum Gasteiger partial charge on any atom is 0.307 e. The van der Waals surface area contributed by atoms with E-state index in [0.717, 1.165) is 22.1 Å². The molecule has 0 spiro atoms. The summed E-state index contributed by atoms with van der Waals surface area (Å²) in [5.74, 6) is -0.481. The van der Waals surface area contributed by atoms with Crippen LogP contribution in [0.1, 0.15) is 30.7 Å². The number of benzene rings is 2. The number of ether oxygens (including phenoxy) is 1. The van der Waals surface area contributed by atoms with Crippen LogP contribution in [0.15, 0.2) is 67.0 Å². The minimum atomic E-state index is -3.60. The van der Waals surface area contributed by atoms with Crippen LogP contribution in [0.25, 0.3) is 22.0 Å². The van der Waals surface area contributed by atoms with Crippen molar-refractivity contribution in [3.05, 3.63) is 83.8 Å². The van der Waals surface area contributed by atoms with Gasteiger partial charge in [0.1, 0.15) is 12.4 Å². The van der Waals surface area contributed by atoms with Crippen LogP contribution in [0, 0.1) is 0 Å². The number of nitrogens with two attached hydrogens (primary N) is 1. The van der Waals surface area contributed by atoms with Crippen LogP contribution in [-0.4, -0.2) is 33.7 Å². The van der Waals surface area contributed by atoms with E-state index in [4.69, 9.17) is 10.5 Å². The number of aromatic nitrogens is 2. The smallest absolute Gasteiger partial charge is 0.307 e. The first-order valence-corrected chi connectivity index (χ1v) is 12.7. The second-order valence-electron chi connectivity index (χ2n) is 8.49. The second-order valence-corrected chi connectivity index (χ2v) is 10.9. The Bertz CT molecular complexity index is 1490. The van der Waals surface area contributed by atoms with Crippen molar-refractivity contribution in [3.63, 3.8) is 0 Å². The van der Waals surface area contributed by atoms with E-state index in [9.17, 15) is 18.3 Å². The van der Waals surface area contributed by atoms with Gasteiger partial charge in [-0.1, -0.05) is 18.2 Å². The average molecular weight is 494 g/mol. The first kappa shape index (κ1) is 24.4. The van der Waals surface area contributed by atoms with Crippen molar-refractivity contribution < 1.29 is 23.1 Å². The Morgan fingerprint density at radius 3 is 2.63 bits per heavy atom. The predicted molar refractivity (Wildman–Crippen MR) is 135 cm³/mol. The summed E-state index contributed by atoms with van der Waals surface area (Å²) in [4.78, 5) is 15.5. The van der Waals surface area contributed by atoms with E-state index in [2.05, 4.69) is 4.98 Å². The van der Waals surface area contributed by atoms with E-state index in [1.54, 1.807) is 62.6 Å². The lowest BCUT2D eigenvalue weighted by Gasteiger charge is -2.15. The zero-order chi connectivity index (χ0) is 25.2. The van der Waals surface area contributed by atoms with Gasteiger partial charge < -0.3 is 15.6 Å². The number of carboxylic acid groups (broad SMARTS) is 1. The van der Waals surface area contributed by atoms with Gasteiger partial charge in [0.05, 0.1) is 22.9 Å². The van der Waals surface area contributed by atoms with E-state index in [1.807, 2.05) is 18.2 Å². The number of rotatable bonds is 9. The zero-order valence-electron chi connectivity index (χ0n) is 19.5. The topological polar surface area (TPSA) is 125 Å². The molecule has 4 aromatic rings. The molecule has 0 saturated heterocycles. The van der Waals surface area contributed by atoms with E-state index >= 15 is 0 Å². The molecule has 35 heavy (non-hydrogen) atoms. The maximum absolute atomic E-state index is 13.0. The van der Waals surface area contributed by atoms with Gasteiger partial charge in [0.25, 0.3) is 0 Å². The molecule has 0 radical (unpaired) electrons. The highest BCUT2D eigenvalue weighted by Gasteiger charge is 2.22. The van der Waals surface area contributed by atoms with Crippen LogP contribution in [-0.2, 0) is 34.4 Å². The van der Waals surface area contributed by atoms with Gasteiger partial charge in [-0.3, -0.25) is 9.78 Å². The number of hydrogen-bond acceptors (Lipinski definition) is 6. The average Bonchev–Trinajstić information content (AvgIpc) is 3.27. The van der Waals surface area contributed by atoms with E-state index in [1.165, 1.54) is 3.97 Å². The van der Waals surface area contributed by atoms with Gasteiger partial charge in [0.2, 0.25) is 10.0 Å². The highest BCUT2D eigenvalue weighted by molar-refractivity contribution is 7.90. The lowest BCUT2D eigenvalue weighted by molar-refractivity contribution is -0.136. The second kappa shape index (κ2) is 9.89. The van der Waals surface area contributed by atoms with Crippen LogP contribution >= 0.6 is 0 Å². The number of hydrogen-bond donors (Lipinski definition) is 2. The molecule has 0 amide bonds. The standard InChI is InChI=1S/C26H27N3O5S/c1-17(2)35(32,33)29-10-8-22-23(19-7-9-28-21(13-19)15-27)11-18(12-24(22)29)16-34-25-6-4-3-5-20(25)14-26(30)31/h3-13,17H,14-16,27H2,1-2H3,(H,30,31). The number of aliphatic carboxylic acids is 1. The van der Waals surface area contributed by atoms with Crippen molar-refractivity contribution >= 4 is 26.9 Å². The van der Waals surface area contributed by atoms with Gasteiger partial charge in [-0.2, -0.15) is 0 Å². The Morgan fingerprint density at radius 2 is 1.91 bits per heavy atom. The van der Waals surface area contributed by atoms with E-state index in [0.29, 0.717) is 22.5 Å². The summed E-state index contributed by atoms with van der Waals surface area (Å²) in [6.07, 6.45) is 3.09. The van der Waals surface area contributed by atoms with Crippen molar-refractivity contribution in [1.29, 1.82) is 0 Å². The molecule has 182 valence electrons. The fourth-order valence-corrected chi connectivity index (χ4v) is 5.03. The largest absolute Gasteiger partial charge is 0.489 e. The lowest BCUT2D eigenvalue weighted by atomic mass is 9.99. The van der Waals surface area contributed by atoms with Crippen LogP contribution in [0.2, 0.25) is 0 Å². The Hall–Kier alpha value is -3.69. The summed E-state index contributed by atoms with van der Waals surface area (Å²) in [7, 11) is -3.60. The summed E-state index contributed by atoms with van der Waals surface area (Å²) in [5.41, 5.74) is 10.0. The van der Waals surface area contributed by atoms with Crippen LogP contribution < -0.4 is 10.5 Å². The molecule has 0 aliphatic heterocycles. The molecule has 2 aromatic carbocycles. The third-order valence-corrected chi connectivity index (χ3v) is 7.81. The summed E-state index contributed by atoms with van der Waals surface area (Å²) in [6, 6.07) is 16.3. The van der Waals surface area contributed by atoms with Crippen LogP contribution in [0.3, 0.4) is 0 Å². The summed E-state index contributed by atoms with van der Waals surface area (Å²) in [6.45, 7) is 3.69. The molecule has 2 aromatic heterocycles. The maximum atomic E-state index is 13.0. The van der Waals surface area contributed by atoms with Crippen molar-refractivity contribution in [1.82, 2.24) is 8.96 Å². The minimum absolute atomic E-state index is 0.126. The third kappa shape index (κ3) is 5.06. The number of fused-ring (bicyclic) bond motifs is 1. The quantitative estimate of drug-likeness (QED) is 0.362. The molecular formula is C26H27N3O5S. The molecule has 9 heteroatoms. The van der Waals surface area contributed by atoms with Gasteiger partial charge in [0.15, 0.2) is 0 Å². The van der Waals surface area contributed by atoms with Gasteiger partial charge in [-0.25, -0.2) is 12.4 Å². The summed E-state index contributed by atoms with van der Waals surface area (Å²) < 4.78 is 33.4. The first-order chi connectivity index (χ1) is 16.7. The van der Waals surface area contributed by atoms with Crippen molar-refractivity contribution in [2.24, 2.45) is 5.73 Å². The molecule has 0 bridgehead atoms. The van der Waals surface area contributed by atoms with Crippen LogP contribution in [0.4, 0.5) is 0 Å². The van der Waals surface area contributed by atoms with Gasteiger partial charge in [-0.05, 0) is 66.9 Å². The molecule has 0 aliphatic rings. The van der Waals surface area contributed by atoms with E-state index in [-0.39, 0.29) is 19.6 Å². The fourth-order valence-electron chi connectivity index (χ4n) is 3.92. The number of nitrogens with zero attached hydrogens (tertiary/aromatic N) is 2. The Labute approximate surface area is 204 Å². The number of carboxylic acids is 1. The molecule has 4 rings (SSSR count). The van der Waals surface area contributed by atoms with Crippen molar-refractivity contribution in [2.75, 3.05) is 0 Å². The number of pyridine rings is 1. The monoisotopic (exact) mass is 493 g/mol. The molecule has 8 nitrogen and oxygen atoms in total. The molecule has 0 atom stereocenters. The zero-order valence-corrected chi connectivity index (χ0v) is 20.3. The third-order valence-electron chi connectivity index (χ3n) is 5.75. The van der Waals surface area contributed by atoms with E-state index < -0.39 is 21.2 Å². The first-order valence-electron chi connectivity index (χ1n) is 11.2. The van der Waals surface area contributed by atoms with Gasteiger partial charge in [0, 0.05) is 29.9 Å². The molecule has 3 N–H and O–H groups in total. The SMILES string of the molecule is CC(C)S(=O)(=O)n1ccc2c(-c3ccnc(CN)c3)cc(COc3ccccc3CC(=O)O)cc21. The number of para-hydroxylation sites is 1. The Balaban J connectivity index is 1.83. The Morgan fingerprint density at radius 1 is 1.14 bits per heavy atom. The molecule has 0 aliphatic carbocycles. The molecule has 0 fully saturated rings. The van der Waals surface area contributed by atoms with Gasteiger partial charge in [-0.15, -0.1) is 0 Å². The molecular weight excluding hydrogens is 466 g/mol. The van der Waals surface area contributed by atoms with Crippen LogP contribution in [0.5, 0.6) is 5.75 Å². The molecule has 0 saturated carbocycles. The predicted octanol–water partition coefficient (Wildman–Crippen LogP) is 3.95. The van der Waals surface area contributed by atoms with Gasteiger partial charge >= 0.3 is 5.97 Å². The van der Waals surface area contributed by atoms with Crippen molar-refractivity contribution in [3.8, 4) is 16.9 Å². The highest BCUT2D eigenvalue weighted by Crippen LogP contribution is 2.33.